The van der Waals surface area contributed by atoms with E-state index in [-0.39, 0.29) is 5.56 Å². The van der Waals surface area contributed by atoms with Gasteiger partial charge in [0, 0.05) is 0 Å². The van der Waals surface area contributed by atoms with E-state index in [1.807, 2.05) is 0 Å². The minimum Gasteiger partial charge on any atom is -0.504 e. The Kier molecular flexibility index (Phi) is 2.70. The van der Waals surface area contributed by atoms with Gasteiger partial charge in [0.2, 0.25) is 0 Å². The van der Waals surface area contributed by atoms with Gasteiger partial charge in [0.1, 0.15) is 12.1 Å². The minimum absolute atomic E-state index is 0.0739. The number of aliphatic hydroxyl groups excluding tert-OH is 1. The minimum atomic E-state index is -2.62. The molecular weight excluding hydrogens is 202 g/mol. The molecule has 2 atom stereocenters. The molecular formula is C9H11NO5. The van der Waals surface area contributed by atoms with Crippen LogP contribution >= 0.6 is 0 Å². The van der Waals surface area contributed by atoms with Crippen LogP contribution in [-0.2, 0) is 4.79 Å². The molecule has 0 amide bonds. The number of hydrogen-bond donors (Lipinski definition) is 5. The van der Waals surface area contributed by atoms with Crippen molar-refractivity contribution in [1.82, 2.24) is 0 Å². The summed E-state index contributed by atoms with van der Waals surface area (Å²) >= 11 is 0. The fourth-order valence-electron chi connectivity index (χ4n) is 1.01. The van der Waals surface area contributed by atoms with Gasteiger partial charge in [0.05, 0.1) is 1.37 Å². The molecule has 0 heterocycles. The summed E-state index contributed by atoms with van der Waals surface area (Å²) in [5.74, 6) is -2.65. The van der Waals surface area contributed by atoms with Crippen LogP contribution in [0.2, 0.25) is 0 Å². The van der Waals surface area contributed by atoms with Gasteiger partial charge in [-0.1, -0.05) is 6.07 Å². The van der Waals surface area contributed by atoms with Crippen LogP contribution in [0, 0.1) is 0 Å². The Morgan fingerprint density at radius 2 is 2.00 bits per heavy atom. The van der Waals surface area contributed by atoms with Crippen molar-refractivity contribution in [2.24, 2.45) is 5.73 Å². The number of carboxylic acids is 1. The van der Waals surface area contributed by atoms with Crippen LogP contribution < -0.4 is 5.73 Å². The summed E-state index contributed by atoms with van der Waals surface area (Å²) in [4.78, 5) is 10.6. The maximum absolute atomic E-state index is 10.6. The standard InChI is InChI=1S/C9H11NO5/c10-7(9(14)15)8(13)4-1-2-5(11)6(12)3-4/h1-3,7-8,11-13H,10H2,(H,14,15)/t7-,8-/m0/s1/i7D. The average molecular weight is 214 g/mol. The molecule has 1 aromatic carbocycles. The number of phenols is 2. The lowest BCUT2D eigenvalue weighted by Crippen LogP contribution is -2.36. The van der Waals surface area contributed by atoms with Crippen molar-refractivity contribution in [2.45, 2.75) is 12.1 Å². The fraction of sp³-hybridized carbons (Fsp3) is 0.222. The van der Waals surface area contributed by atoms with Gasteiger partial charge in [0.15, 0.2) is 11.5 Å². The molecule has 1 aromatic rings. The fourth-order valence-corrected chi connectivity index (χ4v) is 1.01. The van der Waals surface area contributed by atoms with Gasteiger partial charge in [-0.05, 0) is 17.7 Å². The van der Waals surface area contributed by atoms with Gasteiger partial charge in [-0.25, -0.2) is 0 Å². The van der Waals surface area contributed by atoms with Crippen LogP contribution in [0.25, 0.3) is 0 Å². The zero-order valence-electron chi connectivity index (χ0n) is 8.58. The number of aliphatic hydroxyl groups is 1. The first-order chi connectivity index (χ1) is 7.26. The molecule has 0 aliphatic carbocycles. The highest BCUT2D eigenvalue weighted by Crippen LogP contribution is 2.28. The Morgan fingerprint density at radius 1 is 1.40 bits per heavy atom. The van der Waals surface area contributed by atoms with Gasteiger partial charge in [-0.15, -0.1) is 0 Å². The second-order valence-electron chi connectivity index (χ2n) is 2.91. The molecule has 0 saturated heterocycles. The summed E-state index contributed by atoms with van der Waals surface area (Å²) in [5.41, 5.74) is 5.02. The molecule has 0 fully saturated rings. The van der Waals surface area contributed by atoms with Crippen molar-refractivity contribution in [1.29, 1.82) is 0 Å². The van der Waals surface area contributed by atoms with E-state index in [0.29, 0.717) is 0 Å². The lowest BCUT2D eigenvalue weighted by molar-refractivity contribution is -0.141. The first-order valence-electron chi connectivity index (χ1n) is 4.49. The summed E-state index contributed by atoms with van der Waals surface area (Å²) < 4.78 is 7.23. The van der Waals surface area contributed by atoms with Gasteiger partial charge in [-0.3, -0.25) is 4.79 Å². The molecule has 0 spiro atoms. The molecule has 0 saturated carbocycles. The van der Waals surface area contributed by atoms with Gasteiger partial charge in [0.25, 0.3) is 0 Å². The quantitative estimate of drug-likeness (QED) is 0.434. The second kappa shape index (κ2) is 4.16. The Labute approximate surface area is 86.6 Å². The number of aliphatic carboxylic acids is 1. The zero-order valence-corrected chi connectivity index (χ0v) is 7.58. The highest BCUT2D eigenvalue weighted by molar-refractivity contribution is 5.74. The number of hydrogen-bond acceptors (Lipinski definition) is 5. The predicted molar refractivity (Wildman–Crippen MR) is 50.3 cm³/mol. The first kappa shape index (κ1) is 9.75. The number of carbonyl (C=O) groups is 1. The van der Waals surface area contributed by atoms with Crippen molar-refractivity contribution in [3.8, 4) is 11.5 Å². The van der Waals surface area contributed by atoms with E-state index < -0.39 is 29.6 Å². The predicted octanol–water partition coefficient (Wildman–Crippen LogP) is -0.457. The Bertz CT molecular complexity index is 420. The number of carboxylic acid groups (broad SMARTS) is 1. The normalized spacial score (nSPS) is 17.6. The molecule has 82 valence electrons. The number of phenolic OH excluding ortho intramolecular Hbond substituents is 2. The summed E-state index contributed by atoms with van der Waals surface area (Å²) in [6, 6.07) is 0.549. The monoisotopic (exact) mass is 214 g/mol. The van der Waals surface area contributed by atoms with Crippen LogP contribution in [-0.4, -0.2) is 32.4 Å². The van der Waals surface area contributed by atoms with E-state index in [0.717, 1.165) is 12.1 Å². The van der Waals surface area contributed by atoms with E-state index >= 15 is 0 Å². The average Bonchev–Trinajstić information content (AvgIpc) is 2.20. The van der Waals surface area contributed by atoms with Crippen molar-refractivity contribution in [3.63, 3.8) is 0 Å². The van der Waals surface area contributed by atoms with Gasteiger partial charge >= 0.3 is 5.97 Å². The SMILES string of the molecule is [2H][C@@](N)(C(=O)O)[C@@H](O)c1ccc(O)c(O)c1. The Morgan fingerprint density at radius 3 is 2.47 bits per heavy atom. The molecule has 0 unspecified atom stereocenters. The summed E-state index contributed by atoms with van der Waals surface area (Å²) in [7, 11) is 0. The number of nitrogens with two attached hydrogens (primary N) is 1. The van der Waals surface area contributed by atoms with Crippen LogP contribution in [0.4, 0.5) is 0 Å². The van der Waals surface area contributed by atoms with Crippen LogP contribution in [0.3, 0.4) is 0 Å². The molecule has 6 nitrogen and oxygen atoms in total. The van der Waals surface area contributed by atoms with E-state index in [2.05, 4.69) is 0 Å². The van der Waals surface area contributed by atoms with Crippen LogP contribution in [0.15, 0.2) is 18.2 Å². The third kappa shape index (κ3) is 2.36. The van der Waals surface area contributed by atoms with E-state index in [1.54, 1.807) is 0 Å². The van der Waals surface area contributed by atoms with Gasteiger partial charge in [-0.2, -0.15) is 0 Å². The maximum Gasteiger partial charge on any atom is 0.323 e. The number of benzene rings is 1. The maximum atomic E-state index is 10.6. The van der Waals surface area contributed by atoms with Crippen LogP contribution in [0.5, 0.6) is 11.5 Å². The zero-order chi connectivity index (χ0) is 12.5. The molecule has 1 rings (SSSR count). The molecule has 6 heteroatoms. The highest BCUT2D eigenvalue weighted by Gasteiger charge is 2.24. The van der Waals surface area contributed by atoms with Crippen molar-refractivity contribution in [2.75, 3.05) is 0 Å². The van der Waals surface area contributed by atoms with E-state index in [1.165, 1.54) is 6.07 Å². The first-order valence-corrected chi connectivity index (χ1v) is 3.99. The second-order valence-corrected chi connectivity index (χ2v) is 2.91. The van der Waals surface area contributed by atoms with E-state index in [4.69, 9.17) is 22.4 Å². The Hall–Kier alpha value is -1.79. The summed E-state index contributed by atoms with van der Waals surface area (Å²) in [6.45, 7) is 0. The molecule has 6 N–H and O–H groups in total. The molecule has 0 radical (unpaired) electrons. The molecule has 15 heavy (non-hydrogen) atoms. The van der Waals surface area contributed by atoms with Crippen molar-refractivity contribution < 1.29 is 26.6 Å². The summed E-state index contributed by atoms with van der Waals surface area (Å²) in [5, 5.41) is 36.3. The van der Waals surface area contributed by atoms with Crippen molar-refractivity contribution >= 4 is 5.97 Å². The summed E-state index contributed by atoms with van der Waals surface area (Å²) in [6.07, 6.45) is -1.82. The smallest absolute Gasteiger partial charge is 0.323 e. The molecule has 0 bridgehead atoms. The van der Waals surface area contributed by atoms with Crippen molar-refractivity contribution in [3.05, 3.63) is 23.8 Å². The molecule has 0 aliphatic heterocycles. The number of aromatic hydroxyl groups is 2. The topological polar surface area (TPSA) is 124 Å². The third-order valence-electron chi connectivity index (χ3n) is 1.86. The molecule has 0 aromatic heterocycles. The number of rotatable bonds is 3. The lowest BCUT2D eigenvalue weighted by atomic mass is 10.0. The Balaban J connectivity index is 3.10. The van der Waals surface area contributed by atoms with E-state index in [9.17, 15) is 9.90 Å². The van der Waals surface area contributed by atoms with Gasteiger partial charge < -0.3 is 26.2 Å². The molecule has 0 aliphatic rings. The highest BCUT2D eigenvalue weighted by atomic mass is 16.4. The largest absolute Gasteiger partial charge is 0.504 e. The lowest BCUT2D eigenvalue weighted by Gasteiger charge is -2.15. The van der Waals surface area contributed by atoms with Crippen LogP contribution in [0.1, 0.15) is 13.0 Å². The third-order valence-corrected chi connectivity index (χ3v) is 1.86.